The van der Waals surface area contributed by atoms with Gasteiger partial charge >= 0.3 is 0 Å². The molecule has 0 saturated carbocycles. The van der Waals surface area contributed by atoms with Crippen LogP contribution in [-0.4, -0.2) is 17.1 Å². The Kier molecular flexibility index (Phi) is 6.53. The normalized spacial score (nSPS) is 13.9. The van der Waals surface area contributed by atoms with Gasteiger partial charge < -0.3 is 16.2 Å². The van der Waals surface area contributed by atoms with Crippen molar-refractivity contribution in [3.63, 3.8) is 0 Å². The van der Waals surface area contributed by atoms with Gasteiger partial charge in [0.2, 0.25) is 5.91 Å². The molecule has 1 aromatic rings. The molecule has 4 nitrogen and oxygen atoms in total. The minimum absolute atomic E-state index is 0.0158. The van der Waals surface area contributed by atoms with Crippen molar-refractivity contribution in [2.45, 2.75) is 45.8 Å². The summed E-state index contributed by atoms with van der Waals surface area (Å²) in [5, 5.41) is 11.8. The summed E-state index contributed by atoms with van der Waals surface area (Å²) in [6.45, 7) is 3.92. The number of aliphatic hydroxyl groups is 1. The molecule has 0 saturated heterocycles. The van der Waals surface area contributed by atoms with E-state index in [1.165, 1.54) is 0 Å². The van der Waals surface area contributed by atoms with Crippen LogP contribution in [0.4, 0.5) is 5.69 Å². The van der Waals surface area contributed by atoms with Crippen molar-refractivity contribution < 1.29 is 9.90 Å². The number of hydrogen-bond acceptors (Lipinski definition) is 3. The molecular formula is C15H24N2O2. The van der Waals surface area contributed by atoms with Gasteiger partial charge in [-0.1, -0.05) is 25.5 Å². The zero-order valence-electron chi connectivity index (χ0n) is 11.7. The minimum atomic E-state index is -0.0173. The monoisotopic (exact) mass is 264 g/mol. The zero-order valence-corrected chi connectivity index (χ0v) is 11.7. The highest BCUT2D eigenvalue weighted by molar-refractivity contribution is 5.92. The number of carbonyl (C=O) groups is 1. The second-order valence-corrected chi connectivity index (χ2v) is 5.15. The lowest BCUT2D eigenvalue weighted by molar-refractivity contribution is -0.119. The van der Waals surface area contributed by atoms with E-state index in [1.807, 2.05) is 13.8 Å². The van der Waals surface area contributed by atoms with Gasteiger partial charge in [-0.05, 0) is 37.5 Å². The number of nitrogens with one attached hydrogen (secondary N) is 1. The highest BCUT2D eigenvalue weighted by atomic mass is 16.3. The standard InChI is InChI=1S/C15H24N2O2/c1-11(4-3-5-12(2)16)15(19)17-14-8-6-13(10-18)7-9-14/h6-9,11-12,18H,3-5,10,16H2,1-2H3,(H,17,19). The molecule has 19 heavy (non-hydrogen) atoms. The van der Waals surface area contributed by atoms with E-state index in [0.717, 1.165) is 30.5 Å². The Labute approximate surface area is 115 Å². The molecule has 1 aromatic carbocycles. The van der Waals surface area contributed by atoms with E-state index in [1.54, 1.807) is 24.3 Å². The van der Waals surface area contributed by atoms with Crippen molar-refractivity contribution in [2.75, 3.05) is 5.32 Å². The smallest absolute Gasteiger partial charge is 0.227 e. The van der Waals surface area contributed by atoms with E-state index in [4.69, 9.17) is 10.8 Å². The molecule has 4 heteroatoms. The second kappa shape index (κ2) is 7.92. The van der Waals surface area contributed by atoms with E-state index < -0.39 is 0 Å². The second-order valence-electron chi connectivity index (χ2n) is 5.15. The largest absolute Gasteiger partial charge is 0.392 e. The van der Waals surface area contributed by atoms with E-state index in [0.29, 0.717) is 0 Å². The lowest BCUT2D eigenvalue weighted by Gasteiger charge is -2.13. The van der Waals surface area contributed by atoms with Crippen molar-refractivity contribution in [2.24, 2.45) is 11.7 Å². The maximum absolute atomic E-state index is 12.0. The van der Waals surface area contributed by atoms with Crippen LogP contribution >= 0.6 is 0 Å². The van der Waals surface area contributed by atoms with Crippen LogP contribution in [0, 0.1) is 5.92 Å². The first-order chi connectivity index (χ1) is 9.02. The molecule has 1 amide bonds. The first kappa shape index (κ1) is 15.7. The lowest BCUT2D eigenvalue weighted by atomic mass is 10.0. The van der Waals surface area contributed by atoms with Gasteiger partial charge in [-0.2, -0.15) is 0 Å². The fourth-order valence-electron chi connectivity index (χ4n) is 1.84. The fraction of sp³-hybridized carbons (Fsp3) is 0.533. The average Bonchev–Trinajstić information content (AvgIpc) is 2.39. The molecule has 0 aliphatic heterocycles. The molecule has 0 heterocycles. The summed E-state index contributed by atoms with van der Waals surface area (Å²) in [5.74, 6) is 0.0118. The maximum atomic E-state index is 12.0. The summed E-state index contributed by atoms with van der Waals surface area (Å²) in [6, 6.07) is 7.41. The quantitative estimate of drug-likeness (QED) is 0.707. The molecule has 0 fully saturated rings. The first-order valence-electron chi connectivity index (χ1n) is 6.79. The van der Waals surface area contributed by atoms with Crippen LogP contribution in [-0.2, 0) is 11.4 Å². The number of benzene rings is 1. The highest BCUT2D eigenvalue weighted by Crippen LogP contribution is 2.14. The summed E-state index contributed by atoms with van der Waals surface area (Å²) in [4.78, 5) is 12.0. The van der Waals surface area contributed by atoms with Crippen LogP contribution in [0.1, 0.15) is 38.7 Å². The Hall–Kier alpha value is -1.39. The Morgan fingerprint density at radius 2 is 1.89 bits per heavy atom. The van der Waals surface area contributed by atoms with Gasteiger partial charge in [-0.3, -0.25) is 4.79 Å². The summed E-state index contributed by atoms with van der Waals surface area (Å²) in [7, 11) is 0. The number of carbonyl (C=O) groups excluding carboxylic acids is 1. The van der Waals surface area contributed by atoms with Crippen molar-refractivity contribution >= 4 is 11.6 Å². The molecule has 4 N–H and O–H groups in total. The van der Waals surface area contributed by atoms with Gasteiger partial charge in [-0.15, -0.1) is 0 Å². The predicted molar refractivity (Wildman–Crippen MR) is 77.7 cm³/mol. The van der Waals surface area contributed by atoms with Crippen LogP contribution in [0.5, 0.6) is 0 Å². The zero-order chi connectivity index (χ0) is 14.3. The van der Waals surface area contributed by atoms with Gasteiger partial charge in [0.05, 0.1) is 6.61 Å². The molecule has 0 spiro atoms. The summed E-state index contributed by atoms with van der Waals surface area (Å²) in [5.41, 5.74) is 7.29. The number of nitrogens with two attached hydrogens (primary N) is 1. The SMILES string of the molecule is CC(N)CCCC(C)C(=O)Nc1ccc(CO)cc1. The summed E-state index contributed by atoms with van der Waals surface area (Å²) >= 11 is 0. The first-order valence-corrected chi connectivity index (χ1v) is 6.79. The highest BCUT2D eigenvalue weighted by Gasteiger charge is 2.12. The number of hydrogen-bond donors (Lipinski definition) is 3. The lowest BCUT2D eigenvalue weighted by Crippen LogP contribution is -2.21. The number of rotatable bonds is 7. The van der Waals surface area contributed by atoms with E-state index in [9.17, 15) is 4.79 Å². The van der Waals surface area contributed by atoms with Crippen LogP contribution < -0.4 is 11.1 Å². The molecule has 0 radical (unpaired) electrons. The Balaban J connectivity index is 2.40. The number of aliphatic hydroxyl groups excluding tert-OH is 1. The van der Waals surface area contributed by atoms with Crippen molar-refractivity contribution in [3.05, 3.63) is 29.8 Å². The van der Waals surface area contributed by atoms with Crippen molar-refractivity contribution in [1.29, 1.82) is 0 Å². The molecule has 2 atom stereocenters. The van der Waals surface area contributed by atoms with Gasteiger partial charge in [0.15, 0.2) is 0 Å². The molecule has 0 aliphatic rings. The molecule has 0 bridgehead atoms. The third-order valence-corrected chi connectivity index (χ3v) is 3.15. The van der Waals surface area contributed by atoms with Gasteiger partial charge in [-0.25, -0.2) is 0 Å². The number of anilines is 1. The summed E-state index contributed by atoms with van der Waals surface area (Å²) in [6.07, 6.45) is 2.76. The average molecular weight is 264 g/mol. The van der Waals surface area contributed by atoms with Crippen molar-refractivity contribution in [1.82, 2.24) is 0 Å². The topological polar surface area (TPSA) is 75.4 Å². The summed E-state index contributed by atoms with van der Waals surface area (Å²) < 4.78 is 0. The molecule has 0 aliphatic carbocycles. The Morgan fingerprint density at radius 3 is 2.42 bits per heavy atom. The van der Waals surface area contributed by atoms with E-state index in [-0.39, 0.29) is 24.5 Å². The fourth-order valence-corrected chi connectivity index (χ4v) is 1.84. The Morgan fingerprint density at radius 1 is 1.26 bits per heavy atom. The molecule has 2 unspecified atom stereocenters. The van der Waals surface area contributed by atoms with Crippen LogP contribution in [0.15, 0.2) is 24.3 Å². The van der Waals surface area contributed by atoms with Crippen LogP contribution in [0.2, 0.25) is 0 Å². The number of amides is 1. The van der Waals surface area contributed by atoms with Crippen LogP contribution in [0.25, 0.3) is 0 Å². The van der Waals surface area contributed by atoms with E-state index >= 15 is 0 Å². The van der Waals surface area contributed by atoms with Gasteiger partial charge in [0, 0.05) is 17.6 Å². The molecular weight excluding hydrogens is 240 g/mol. The third kappa shape index (κ3) is 5.85. The third-order valence-electron chi connectivity index (χ3n) is 3.15. The molecule has 1 rings (SSSR count). The minimum Gasteiger partial charge on any atom is -0.392 e. The maximum Gasteiger partial charge on any atom is 0.227 e. The molecule has 0 aromatic heterocycles. The van der Waals surface area contributed by atoms with Gasteiger partial charge in [0.25, 0.3) is 0 Å². The predicted octanol–water partition coefficient (Wildman–Crippen LogP) is 2.27. The van der Waals surface area contributed by atoms with E-state index in [2.05, 4.69) is 5.32 Å². The van der Waals surface area contributed by atoms with Crippen LogP contribution in [0.3, 0.4) is 0 Å². The van der Waals surface area contributed by atoms with Crippen molar-refractivity contribution in [3.8, 4) is 0 Å². The van der Waals surface area contributed by atoms with Gasteiger partial charge in [0.1, 0.15) is 0 Å². The Bertz CT molecular complexity index is 388. The molecule has 106 valence electrons.